The number of alkyl halides is 1. The van der Waals surface area contributed by atoms with Gasteiger partial charge in [0.05, 0.1) is 51.9 Å². The van der Waals surface area contributed by atoms with E-state index in [2.05, 4.69) is 42.7 Å². The molecule has 1 aliphatic carbocycles. The Labute approximate surface area is 445 Å². The van der Waals surface area contributed by atoms with Crippen LogP contribution in [-0.4, -0.2) is 129 Å². The summed E-state index contributed by atoms with van der Waals surface area (Å²) in [5.74, 6) is -1.54. The number of carbonyl (C=O) groups is 5. The number of piperidine rings is 2. The standard InChI is InChI=1S/C53H68ClFN10O7S2/c1-32-44(73-31-60-32)34-11-12-35(26-59-46(67)38-25-36(66)29-65(38)48(69)45(51(2,3)4)62-50(71)53(55)15-16-53)39(24-34)72-23-7-8-33-13-19-64(20-14-33)49(70)47(68)61-37-9-6-10-40(43(37)54)74-42-28-57-41(27-58-42)63-21-17-52(5,30-56)18-22-63/h6,9-12,24,27-28,31,33,36,38,45,66H,7-8,13-23,25-26,29-30,56H2,1-5H3,(H,59,67)(H,61,68)(H,62,71)/t36-,38+,45-/m1/s1. The van der Waals surface area contributed by atoms with Crippen molar-refractivity contribution < 1.29 is 38.2 Å². The van der Waals surface area contributed by atoms with Crippen LogP contribution in [0.3, 0.4) is 0 Å². The molecule has 3 saturated heterocycles. The first kappa shape index (κ1) is 54.8. The first-order valence-electron chi connectivity index (χ1n) is 25.5. The number of amides is 5. The van der Waals surface area contributed by atoms with Gasteiger partial charge in [0.2, 0.25) is 11.8 Å². The summed E-state index contributed by atoms with van der Waals surface area (Å²) >= 11 is 9.61. The van der Waals surface area contributed by atoms with Crippen molar-refractivity contribution in [1.82, 2.24) is 35.4 Å². The van der Waals surface area contributed by atoms with Crippen molar-refractivity contribution in [3.8, 4) is 16.2 Å². The molecule has 4 aliphatic rings. The summed E-state index contributed by atoms with van der Waals surface area (Å²) in [4.78, 5) is 87.6. The predicted molar refractivity (Wildman–Crippen MR) is 284 cm³/mol. The number of aryl methyl sites for hydroxylation is 1. The molecular formula is C53H68ClFN10O7S2. The number of likely N-dealkylation sites (tertiary alicyclic amines) is 2. The molecular weight excluding hydrogens is 1010 g/mol. The summed E-state index contributed by atoms with van der Waals surface area (Å²) in [7, 11) is 0. The van der Waals surface area contributed by atoms with Gasteiger partial charge in [0.25, 0.3) is 5.91 Å². The molecule has 4 fully saturated rings. The molecule has 2 aromatic heterocycles. The highest BCUT2D eigenvalue weighted by molar-refractivity contribution is 7.99. The number of hydrogen-bond donors (Lipinski definition) is 5. The normalized spacial score (nSPS) is 19.9. The third-order valence-corrected chi connectivity index (χ3v) is 17.3. The Kier molecular flexibility index (Phi) is 17.2. The number of aliphatic hydroxyl groups excluding tert-OH is 1. The smallest absolute Gasteiger partial charge is 0.313 e. The van der Waals surface area contributed by atoms with Crippen LogP contribution >= 0.6 is 34.7 Å². The molecule has 5 heterocycles. The molecule has 1 saturated carbocycles. The highest BCUT2D eigenvalue weighted by Crippen LogP contribution is 2.41. The SMILES string of the molecule is Cc1ncsc1-c1ccc(CNC(=O)[C@@H]2C[C@@H](O)CN2C(=O)[C@@H](NC(=O)C2(F)CC2)C(C)(C)C)c(OCCCC2CCN(C(=O)C(=O)Nc3cccc(Sc4cnc(N5CCC(C)(CN)CC5)cn4)c3Cl)CC2)c1. The van der Waals surface area contributed by atoms with E-state index in [9.17, 15) is 33.5 Å². The molecule has 5 amide bonds. The van der Waals surface area contributed by atoms with Crippen LogP contribution in [0.4, 0.5) is 15.9 Å². The second-order valence-corrected chi connectivity index (χ2v) is 23.9. The van der Waals surface area contributed by atoms with Crippen molar-refractivity contribution in [2.24, 2.45) is 22.5 Å². The van der Waals surface area contributed by atoms with Gasteiger partial charge < -0.3 is 46.2 Å². The number of rotatable bonds is 17. The average Bonchev–Trinajstić information content (AvgIpc) is 3.79. The summed E-state index contributed by atoms with van der Waals surface area (Å²) in [5.41, 5.74) is 7.96. The van der Waals surface area contributed by atoms with E-state index in [0.29, 0.717) is 64.1 Å². The van der Waals surface area contributed by atoms with Gasteiger partial charge in [-0.1, -0.05) is 69.3 Å². The van der Waals surface area contributed by atoms with Crippen molar-refractivity contribution in [2.45, 2.75) is 133 Å². The Balaban J connectivity index is 0.813. The summed E-state index contributed by atoms with van der Waals surface area (Å²) < 4.78 is 21.1. The van der Waals surface area contributed by atoms with E-state index in [1.54, 1.807) is 55.7 Å². The Bertz CT molecular complexity index is 2690. The molecule has 0 spiro atoms. The molecule has 17 nitrogen and oxygen atoms in total. The maximum absolute atomic E-state index is 14.7. The number of benzene rings is 2. The highest BCUT2D eigenvalue weighted by atomic mass is 35.5. The van der Waals surface area contributed by atoms with Crippen LogP contribution in [0, 0.1) is 23.7 Å². The van der Waals surface area contributed by atoms with E-state index >= 15 is 0 Å². The quantitative estimate of drug-likeness (QED) is 0.0535. The number of ether oxygens (including phenoxy) is 1. The number of aliphatic hydroxyl groups is 1. The number of halogens is 2. The van der Waals surface area contributed by atoms with Crippen molar-refractivity contribution in [1.29, 1.82) is 0 Å². The van der Waals surface area contributed by atoms with Gasteiger partial charge in [-0.15, -0.1) is 11.3 Å². The maximum Gasteiger partial charge on any atom is 0.313 e. The van der Waals surface area contributed by atoms with Gasteiger partial charge in [-0.2, -0.15) is 0 Å². The number of thiazole rings is 1. The summed E-state index contributed by atoms with van der Waals surface area (Å²) in [5, 5.41) is 19.9. The second kappa shape index (κ2) is 23.2. The third-order valence-electron chi connectivity index (χ3n) is 14.8. The number of nitrogens with two attached hydrogens (primary N) is 1. The number of anilines is 2. The molecule has 0 radical (unpaired) electrons. The van der Waals surface area contributed by atoms with Crippen LogP contribution in [0.2, 0.25) is 5.02 Å². The van der Waals surface area contributed by atoms with Crippen molar-refractivity contribution >= 4 is 75.7 Å². The monoisotopic (exact) mass is 1070 g/mol. The van der Waals surface area contributed by atoms with Crippen LogP contribution in [0.5, 0.6) is 5.75 Å². The number of carbonyl (C=O) groups excluding carboxylic acids is 5. The Morgan fingerprint density at radius 3 is 2.42 bits per heavy atom. The fraction of sp³-hybridized carbons (Fsp3) is 0.547. The fourth-order valence-electron chi connectivity index (χ4n) is 9.68. The predicted octanol–water partition coefficient (Wildman–Crippen LogP) is 6.93. The zero-order valence-corrected chi connectivity index (χ0v) is 45.1. The first-order chi connectivity index (χ1) is 35.2. The molecule has 8 rings (SSSR count). The molecule has 0 unspecified atom stereocenters. The number of nitrogens with one attached hydrogen (secondary N) is 3. The topological polar surface area (TPSA) is 225 Å². The maximum atomic E-state index is 14.7. The molecule has 0 bridgehead atoms. The number of nitrogens with zero attached hydrogens (tertiary/aromatic N) is 6. The lowest BCUT2D eigenvalue weighted by atomic mass is 9.80. The van der Waals surface area contributed by atoms with Gasteiger partial charge in [0.15, 0.2) is 5.67 Å². The summed E-state index contributed by atoms with van der Waals surface area (Å²) in [6.07, 6.45) is 7.71. The lowest BCUT2D eigenvalue weighted by molar-refractivity contribution is -0.145. The Hall–Kier alpha value is -5.41. The average molecular weight is 1080 g/mol. The largest absolute Gasteiger partial charge is 0.493 e. The van der Waals surface area contributed by atoms with Gasteiger partial charge in [-0.3, -0.25) is 24.0 Å². The zero-order valence-electron chi connectivity index (χ0n) is 42.8. The molecule has 4 aromatic rings. The molecule has 398 valence electrons. The number of hydrogen-bond acceptors (Lipinski definition) is 14. The van der Waals surface area contributed by atoms with Gasteiger partial charge in [0.1, 0.15) is 28.7 Å². The van der Waals surface area contributed by atoms with E-state index in [1.165, 1.54) is 28.0 Å². The van der Waals surface area contributed by atoms with Crippen LogP contribution in [0.25, 0.3) is 10.4 Å². The highest BCUT2D eigenvalue weighted by Gasteiger charge is 2.53. The summed E-state index contributed by atoms with van der Waals surface area (Å²) in [6, 6.07) is 8.91. The Morgan fingerprint density at radius 1 is 1.03 bits per heavy atom. The summed E-state index contributed by atoms with van der Waals surface area (Å²) in [6.45, 7) is 13.1. The minimum Gasteiger partial charge on any atom is -0.493 e. The fourth-order valence-corrected chi connectivity index (χ4v) is 11.5. The van der Waals surface area contributed by atoms with Gasteiger partial charge in [-0.25, -0.2) is 19.3 Å². The second-order valence-electron chi connectivity index (χ2n) is 21.6. The first-order valence-corrected chi connectivity index (χ1v) is 27.6. The molecule has 6 N–H and O–H groups in total. The van der Waals surface area contributed by atoms with E-state index in [-0.39, 0.29) is 37.8 Å². The van der Waals surface area contributed by atoms with Crippen molar-refractivity contribution in [3.63, 3.8) is 0 Å². The molecule has 21 heteroatoms. The zero-order chi connectivity index (χ0) is 53.0. The lowest BCUT2D eigenvalue weighted by Crippen LogP contribution is -2.59. The van der Waals surface area contributed by atoms with Gasteiger partial charge in [0, 0.05) is 56.1 Å². The molecule has 3 aliphatic heterocycles. The number of β-amino-alcohol motifs (C(OH)–C–C–N with tert-alkyl or cyclic N) is 1. The molecule has 3 atom stereocenters. The number of aromatic nitrogens is 3. The third kappa shape index (κ3) is 13.2. The van der Waals surface area contributed by atoms with Crippen molar-refractivity contribution in [2.75, 3.05) is 56.1 Å². The van der Waals surface area contributed by atoms with Gasteiger partial charge >= 0.3 is 11.8 Å². The van der Waals surface area contributed by atoms with Crippen LogP contribution in [0.1, 0.15) is 96.7 Å². The van der Waals surface area contributed by atoms with Crippen molar-refractivity contribution in [3.05, 3.63) is 70.6 Å². The van der Waals surface area contributed by atoms with E-state index in [4.69, 9.17) is 22.1 Å². The minimum absolute atomic E-state index is 0.00853. The van der Waals surface area contributed by atoms with Crippen LogP contribution < -0.4 is 31.3 Å². The lowest BCUT2D eigenvalue weighted by Gasteiger charge is -2.39. The van der Waals surface area contributed by atoms with Gasteiger partial charge in [-0.05, 0) is 105 Å². The minimum atomic E-state index is -1.99. The van der Waals surface area contributed by atoms with E-state index in [0.717, 1.165) is 73.6 Å². The Morgan fingerprint density at radius 2 is 1.77 bits per heavy atom. The van der Waals surface area contributed by atoms with Crippen LogP contribution in [0.15, 0.2) is 64.2 Å². The van der Waals surface area contributed by atoms with E-state index < -0.39 is 58.8 Å². The van der Waals surface area contributed by atoms with Crippen LogP contribution in [-0.2, 0) is 30.5 Å². The van der Waals surface area contributed by atoms with E-state index in [1.807, 2.05) is 31.2 Å². The molecule has 2 aromatic carbocycles. The molecule has 74 heavy (non-hydrogen) atoms.